The van der Waals surface area contributed by atoms with Gasteiger partial charge in [0.15, 0.2) is 0 Å². The molecule has 4 heteroatoms. The Morgan fingerprint density at radius 3 is 2.45 bits per heavy atom. The Morgan fingerprint density at radius 1 is 1.05 bits per heavy atom. The summed E-state index contributed by atoms with van der Waals surface area (Å²) in [5.74, 6) is 1.64. The van der Waals surface area contributed by atoms with Crippen molar-refractivity contribution in [2.45, 2.75) is 13.0 Å². The van der Waals surface area contributed by atoms with Crippen molar-refractivity contribution in [3.63, 3.8) is 0 Å². The van der Waals surface area contributed by atoms with Gasteiger partial charge in [0.1, 0.15) is 24.7 Å². The third-order valence-electron chi connectivity index (χ3n) is 2.82. The Bertz CT molecular complexity index is 543. The van der Waals surface area contributed by atoms with E-state index in [4.69, 9.17) is 15.2 Å². The van der Waals surface area contributed by atoms with Gasteiger partial charge in [0.2, 0.25) is 0 Å². The van der Waals surface area contributed by atoms with E-state index in [-0.39, 0.29) is 6.04 Å². The quantitative estimate of drug-likeness (QED) is 0.813. The zero-order valence-corrected chi connectivity index (χ0v) is 13.0. The average Bonchev–Trinajstić information content (AvgIpc) is 2.44. The van der Waals surface area contributed by atoms with Crippen LogP contribution in [0.2, 0.25) is 0 Å². The number of rotatable bonds is 6. The zero-order chi connectivity index (χ0) is 14.4. The van der Waals surface area contributed by atoms with Crippen molar-refractivity contribution in [2.75, 3.05) is 13.2 Å². The van der Waals surface area contributed by atoms with Crippen LogP contribution in [0.25, 0.3) is 0 Å². The lowest BCUT2D eigenvalue weighted by molar-refractivity contribution is 0.215. The first-order valence-corrected chi connectivity index (χ1v) is 7.32. The van der Waals surface area contributed by atoms with Gasteiger partial charge in [0, 0.05) is 16.1 Å². The standard InChI is InChI=1S/C16H18BrNO2/c1-12(18)15-8-7-13(17)11-16(15)20-10-9-19-14-5-3-2-4-6-14/h2-8,11-12H,9-10,18H2,1H3/t12-/m1/s1. The number of hydrogen-bond acceptors (Lipinski definition) is 3. The highest BCUT2D eigenvalue weighted by Crippen LogP contribution is 2.27. The number of nitrogens with two attached hydrogens (primary N) is 1. The van der Waals surface area contributed by atoms with E-state index in [2.05, 4.69) is 15.9 Å². The predicted octanol–water partition coefficient (Wildman–Crippen LogP) is 3.93. The molecule has 0 aliphatic heterocycles. The van der Waals surface area contributed by atoms with Gasteiger partial charge in [-0.05, 0) is 31.2 Å². The van der Waals surface area contributed by atoms with Gasteiger partial charge >= 0.3 is 0 Å². The molecule has 0 radical (unpaired) electrons. The van der Waals surface area contributed by atoms with Crippen molar-refractivity contribution in [2.24, 2.45) is 5.73 Å². The van der Waals surface area contributed by atoms with Crippen molar-refractivity contribution in [1.29, 1.82) is 0 Å². The van der Waals surface area contributed by atoms with E-state index in [1.807, 2.05) is 55.5 Å². The Balaban J connectivity index is 1.89. The maximum atomic E-state index is 5.93. The highest BCUT2D eigenvalue weighted by molar-refractivity contribution is 9.10. The molecule has 1 atom stereocenters. The Kier molecular flexibility index (Phi) is 5.44. The van der Waals surface area contributed by atoms with Crippen LogP contribution in [-0.4, -0.2) is 13.2 Å². The predicted molar refractivity (Wildman–Crippen MR) is 84.2 cm³/mol. The molecule has 2 aromatic carbocycles. The fourth-order valence-electron chi connectivity index (χ4n) is 1.84. The van der Waals surface area contributed by atoms with E-state index in [1.165, 1.54) is 0 Å². The van der Waals surface area contributed by atoms with Crippen molar-refractivity contribution >= 4 is 15.9 Å². The van der Waals surface area contributed by atoms with Gasteiger partial charge in [-0.25, -0.2) is 0 Å². The smallest absolute Gasteiger partial charge is 0.125 e. The van der Waals surface area contributed by atoms with Crippen LogP contribution < -0.4 is 15.2 Å². The van der Waals surface area contributed by atoms with Gasteiger partial charge in [-0.3, -0.25) is 0 Å². The third-order valence-corrected chi connectivity index (χ3v) is 3.31. The first kappa shape index (κ1) is 14.9. The largest absolute Gasteiger partial charge is 0.490 e. The summed E-state index contributed by atoms with van der Waals surface area (Å²) >= 11 is 3.44. The normalized spacial score (nSPS) is 11.9. The van der Waals surface area contributed by atoms with Gasteiger partial charge in [-0.2, -0.15) is 0 Å². The maximum Gasteiger partial charge on any atom is 0.125 e. The molecule has 0 aliphatic carbocycles. The SMILES string of the molecule is C[C@@H](N)c1ccc(Br)cc1OCCOc1ccccc1. The van der Waals surface area contributed by atoms with E-state index in [1.54, 1.807) is 0 Å². The first-order chi connectivity index (χ1) is 9.66. The zero-order valence-electron chi connectivity index (χ0n) is 11.4. The number of benzene rings is 2. The second-order valence-electron chi connectivity index (χ2n) is 4.48. The third kappa shape index (κ3) is 4.25. The van der Waals surface area contributed by atoms with E-state index in [9.17, 15) is 0 Å². The Labute approximate surface area is 127 Å². The molecular weight excluding hydrogens is 318 g/mol. The molecule has 0 bridgehead atoms. The molecule has 0 fully saturated rings. The summed E-state index contributed by atoms with van der Waals surface area (Å²) in [5.41, 5.74) is 6.93. The maximum absolute atomic E-state index is 5.93. The minimum Gasteiger partial charge on any atom is -0.490 e. The van der Waals surface area contributed by atoms with E-state index in [0.29, 0.717) is 13.2 Å². The van der Waals surface area contributed by atoms with Crippen molar-refractivity contribution in [1.82, 2.24) is 0 Å². The molecule has 0 heterocycles. The lowest BCUT2D eigenvalue weighted by Gasteiger charge is -2.14. The molecule has 106 valence electrons. The van der Waals surface area contributed by atoms with Crippen LogP contribution in [0.5, 0.6) is 11.5 Å². The summed E-state index contributed by atoms with van der Waals surface area (Å²) in [7, 11) is 0. The van der Waals surface area contributed by atoms with Crippen LogP contribution in [0.15, 0.2) is 53.0 Å². The van der Waals surface area contributed by atoms with Crippen LogP contribution in [0.4, 0.5) is 0 Å². The second-order valence-corrected chi connectivity index (χ2v) is 5.40. The molecule has 2 N–H and O–H groups in total. The van der Waals surface area contributed by atoms with Crippen LogP contribution in [0, 0.1) is 0 Å². The van der Waals surface area contributed by atoms with Crippen LogP contribution >= 0.6 is 15.9 Å². The summed E-state index contributed by atoms with van der Waals surface area (Å²) in [5, 5.41) is 0. The summed E-state index contributed by atoms with van der Waals surface area (Å²) < 4.78 is 12.3. The number of ether oxygens (including phenoxy) is 2. The highest BCUT2D eigenvalue weighted by Gasteiger charge is 2.08. The molecule has 0 amide bonds. The second kappa shape index (κ2) is 7.31. The molecule has 0 saturated heterocycles. The molecule has 2 rings (SSSR count). The van der Waals surface area contributed by atoms with Crippen LogP contribution in [-0.2, 0) is 0 Å². The van der Waals surface area contributed by atoms with Crippen molar-refractivity contribution in [3.05, 3.63) is 58.6 Å². The van der Waals surface area contributed by atoms with Gasteiger partial charge in [0.25, 0.3) is 0 Å². The highest BCUT2D eigenvalue weighted by atomic mass is 79.9. The number of hydrogen-bond donors (Lipinski definition) is 1. The van der Waals surface area contributed by atoms with Gasteiger partial charge in [-0.1, -0.05) is 40.2 Å². The fraction of sp³-hybridized carbons (Fsp3) is 0.250. The number of para-hydroxylation sites is 1. The minimum absolute atomic E-state index is 0.0619. The van der Waals surface area contributed by atoms with E-state index < -0.39 is 0 Å². The Morgan fingerprint density at radius 2 is 1.75 bits per heavy atom. The Hall–Kier alpha value is -1.52. The lowest BCUT2D eigenvalue weighted by Crippen LogP contribution is -2.12. The molecule has 0 aromatic heterocycles. The van der Waals surface area contributed by atoms with Crippen LogP contribution in [0.1, 0.15) is 18.5 Å². The van der Waals surface area contributed by atoms with Crippen molar-refractivity contribution in [3.8, 4) is 11.5 Å². The lowest BCUT2D eigenvalue weighted by atomic mass is 10.1. The summed E-state index contributed by atoms with van der Waals surface area (Å²) in [6, 6.07) is 15.5. The van der Waals surface area contributed by atoms with Gasteiger partial charge in [0.05, 0.1) is 0 Å². The summed E-state index contributed by atoms with van der Waals surface area (Å²) in [6.07, 6.45) is 0. The molecule has 3 nitrogen and oxygen atoms in total. The topological polar surface area (TPSA) is 44.5 Å². The molecule has 0 unspecified atom stereocenters. The van der Waals surface area contributed by atoms with Gasteiger partial charge in [-0.15, -0.1) is 0 Å². The summed E-state index contributed by atoms with van der Waals surface area (Å²) in [4.78, 5) is 0. The average molecular weight is 336 g/mol. The molecule has 2 aromatic rings. The minimum atomic E-state index is -0.0619. The molecule has 0 aliphatic rings. The van der Waals surface area contributed by atoms with Crippen molar-refractivity contribution < 1.29 is 9.47 Å². The van der Waals surface area contributed by atoms with Crippen LogP contribution in [0.3, 0.4) is 0 Å². The number of halogens is 1. The molecule has 0 saturated carbocycles. The van der Waals surface area contributed by atoms with Gasteiger partial charge < -0.3 is 15.2 Å². The first-order valence-electron chi connectivity index (χ1n) is 6.52. The molecule has 0 spiro atoms. The molecule has 20 heavy (non-hydrogen) atoms. The summed E-state index contributed by atoms with van der Waals surface area (Å²) in [6.45, 7) is 2.91. The fourth-order valence-corrected chi connectivity index (χ4v) is 2.18. The van der Waals surface area contributed by atoms with E-state index >= 15 is 0 Å². The monoisotopic (exact) mass is 335 g/mol. The molecular formula is C16H18BrNO2. The van der Waals surface area contributed by atoms with E-state index in [0.717, 1.165) is 21.5 Å².